The number of pyridine rings is 1. The van der Waals surface area contributed by atoms with Crippen LogP contribution in [0.1, 0.15) is 25.1 Å². The molecule has 11 nitrogen and oxygen atoms in total. The zero-order valence-corrected chi connectivity index (χ0v) is 21.4. The Morgan fingerprint density at radius 3 is 2.26 bits per heavy atom. The Bertz CT molecular complexity index is 1160. The number of nitrogens with one attached hydrogen (secondary N) is 2. The number of nitrogens with zero attached hydrogens (tertiary/aromatic N) is 6. The van der Waals surface area contributed by atoms with Crippen LogP contribution in [0.5, 0.6) is 5.75 Å². The SMILES string of the molecule is COc1cc(N(C)CCN(C)C)c(N)cc1Nc1ncnc(Nc2cnc(C)cc2C(C)(C)O)n1. The summed E-state index contributed by atoms with van der Waals surface area (Å²) in [4.78, 5) is 21.4. The molecule has 188 valence electrons. The van der Waals surface area contributed by atoms with Gasteiger partial charge in [0.05, 0.1) is 41.7 Å². The first-order chi connectivity index (χ1) is 16.5. The fourth-order valence-corrected chi connectivity index (χ4v) is 3.48. The van der Waals surface area contributed by atoms with Crippen molar-refractivity contribution in [1.29, 1.82) is 0 Å². The van der Waals surface area contributed by atoms with E-state index in [0.717, 1.165) is 24.5 Å². The van der Waals surface area contributed by atoms with Gasteiger partial charge in [0.1, 0.15) is 12.1 Å². The van der Waals surface area contributed by atoms with E-state index in [9.17, 15) is 5.11 Å². The molecule has 0 fully saturated rings. The van der Waals surface area contributed by atoms with Crippen molar-refractivity contribution in [2.45, 2.75) is 26.4 Å². The van der Waals surface area contributed by atoms with Crippen LogP contribution in [0.15, 0.2) is 30.7 Å². The molecule has 0 bridgehead atoms. The number of rotatable bonds is 10. The summed E-state index contributed by atoms with van der Waals surface area (Å²) in [5.41, 5.74) is 9.47. The number of ether oxygens (including phenoxy) is 1. The molecule has 35 heavy (non-hydrogen) atoms. The summed E-state index contributed by atoms with van der Waals surface area (Å²) in [5, 5.41) is 16.9. The molecule has 2 aromatic heterocycles. The van der Waals surface area contributed by atoms with Crippen LogP contribution in [0.2, 0.25) is 0 Å². The second-order valence-corrected chi connectivity index (χ2v) is 9.15. The van der Waals surface area contributed by atoms with Gasteiger partial charge in [-0.1, -0.05) is 0 Å². The van der Waals surface area contributed by atoms with E-state index in [1.54, 1.807) is 33.2 Å². The predicted molar refractivity (Wildman–Crippen MR) is 140 cm³/mol. The van der Waals surface area contributed by atoms with Crippen molar-refractivity contribution in [1.82, 2.24) is 24.8 Å². The van der Waals surface area contributed by atoms with E-state index < -0.39 is 5.60 Å². The molecule has 0 atom stereocenters. The Morgan fingerprint density at radius 2 is 1.66 bits per heavy atom. The van der Waals surface area contributed by atoms with Crippen LogP contribution < -0.4 is 26.0 Å². The average Bonchev–Trinajstić information content (AvgIpc) is 2.78. The van der Waals surface area contributed by atoms with Crippen LogP contribution in [0.4, 0.5) is 34.6 Å². The molecule has 0 saturated heterocycles. The summed E-state index contributed by atoms with van der Waals surface area (Å²) >= 11 is 0. The molecule has 0 unspecified atom stereocenters. The number of benzene rings is 1. The van der Waals surface area contributed by atoms with E-state index in [-0.39, 0.29) is 0 Å². The highest BCUT2D eigenvalue weighted by molar-refractivity contribution is 5.79. The van der Waals surface area contributed by atoms with Crippen molar-refractivity contribution in [2.75, 3.05) is 62.6 Å². The highest BCUT2D eigenvalue weighted by Gasteiger charge is 2.21. The lowest BCUT2D eigenvalue weighted by Crippen LogP contribution is -2.29. The number of methoxy groups -OCH3 is 1. The van der Waals surface area contributed by atoms with Crippen LogP contribution in [-0.2, 0) is 5.60 Å². The highest BCUT2D eigenvalue weighted by atomic mass is 16.5. The molecular formula is C24H35N9O2. The number of aliphatic hydroxyl groups is 1. The lowest BCUT2D eigenvalue weighted by Gasteiger charge is -2.24. The first-order valence-corrected chi connectivity index (χ1v) is 11.2. The number of likely N-dealkylation sites (N-methyl/N-ethyl adjacent to an activating group) is 2. The Labute approximate surface area is 206 Å². The van der Waals surface area contributed by atoms with Gasteiger partial charge in [-0.15, -0.1) is 0 Å². The molecule has 2 heterocycles. The van der Waals surface area contributed by atoms with Crippen molar-refractivity contribution in [3.05, 3.63) is 42.0 Å². The summed E-state index contributed by atoms with van der Waals surface area (Å²) in [6.07, 6.45) is 3.04. The molecule has 3 rings (SSSR count). The van der Waals surface area contributed by atoms with Gasteiger partial charge in [0.2, 0.25) is 11.9 Å². The quantitative estimate of drug-likeness (QED) is 0.318. The zero-order chi connectivity index (χ0) is 25.8. The average molecular weight is 482 g/mol. The van der Waals surface area contributed by atoms with Crippen molar-refractivity contribution < 1.29 is 9.84 Å². The first kappa shape index (κ1) is 25.9. The molecule has 0 amide bonds. The van der Waals surface area contributed by atoms with Gasteiger partial charge in [-0.2, -0.15) is 4.98 Å². The third kappa shape index (κ3) is 6.67. The van der Waals surface area contributed by atoms with E-state index in [1.807, 2.05) is 40.2 Å². The summed E-state index contributed by atoms with van der Waals surface area (Å²) < 4.78 is 5.60. The first-order valence-electron chi connectivity index (χ1n) is 11.2. The zero-order valence-electron chi connectivity index (χ0n) is 21.4. The maximum absolute atomic E-state index is 10.6. The topological polar surface area (TPSA) is 138 Å². The second kappa shape index (κ2) is 10.7. The Hall–Kier alpha value is -3.70. The van der Waals surface area contributed by atoms with Gasteiger partial charge in [-0.05, 0) is 47.0 Å². The molecule has 0 aliphatic carbocycles. The Balaban J connectivity index is 1.85. The van der Waals surface area contributed by atoms with Gasteiger partial charge in [0, 0.05) is 37.5 Å². The third-order valence-electron chi connectivity index (χ3n) is 5.41. The summed E-state index contributed by atoms with van der Waals surface area (Å²) in [6, 6.07) is 5.52. The predicted octanol–water partition coefficient (Wildman–Crippen LogP) is 2.88. The van der Waals surface area contributed by atoms with Crippen LogP contribution in [0, 0.1) is 6.92 Å². The molecule has 0 aliphatic heterocycles. The van der Waals surface area contributed by atoms with Gasteiger partial charge in [0.25, 0.3) is 0 Å². The largest absolute Gasteiger partial charge is 0.494 e. The van der Waals surface area contributed by atoms with Crippen molar-refractivity contribution >= 4 is 34.6 Å². The van der Waals surface area contributed by atoms with Crippen molar-refractivity contribution in [3.63, 3.8) is 0 Å². The number of hydrogen-bond donors (Lipinski definition) is 4. The van der Waals surface area contributed by atoms with Gasteiger partial charge >= 0.3 is 0 Å². The van der Waals surface area contributed by atoms with Gasteiger partial charge in [-0.25, -0.2) is 9.97 Å². The van der Waals surface area contributed by atoms with E-state index in [1.165, 1.54) is 6.33 Å². The smallest absolute Gasteiger partial charge is 0.232 e. The standard InChI is InChI=1S/C24H35N9O2/c1-15-10-16(24(2,3)34)19(13-26-15)30-23-28-14-27-22(31-23)29-18-11-17(25)20(12-21(18)35-7)33(6)9-8-32(4)5/h10-14,34H,8-9,25H2,1-7H3,(H2,27,28,29,30,31). The number of hydrogen-bond acceptors (Lipinski definition) is 11. The van der Waals surface area contributed by atoms with Crippen LogP contribution in [0.25, 0.3) is 0 Å². The van der Waals surface area contributed by atoms with Crippen molar-refractivity contribution in [3.8, 4) is 5.75 Å². The number of nitrogen functional groups attached to an aromatic ring is 1. The number of aryl methyl sites for hydroxylation is 1. The van der Waals surface area contributed by atoms with Crippen LogP contribution >= 0.6 is 0 Å². The highest BCUT2D eigenvalue weighted by Crippen LogP contribution is 2.36. The van der Waals surface area contributed by atoms with Gasteiger partial charge < -0.3 is 36.0 Å². The minimum atomic E-state index is -1.07. The van der Waals surface area contributed by atoms with E-state index >= 15 is 0 Å². The van der Waals surface area contributed by atoms with E-state index in [4.69, 9.17) is 10.5 Å². The normalized spacial score (nSPS) is 11.5. The Kier molecular flexibility index (Phi) is 7.92. The molecule has 1 aromatic carbocycles. The summed E-state index contributed by atoms with van der Waals surface area (Å²) in [7, 11) is 7.66. The lowest BCUT2D eigenvalue weighted by molar-refractivity contribution is 0.0792. The van der Waals surface area contributed by atoms with E-state index in [0.29, 0.717) is 40.3 Å². The fraction of sp³-hybridized carbons (Fsp3) is 0.417. The molecule has 0 spiro atoms. The monoisotopic (exact) mass is 481 g/mol. The maximum Gasteiger partial charge on any atom is 0.232 e. The third-order valence-corrected chi connectivity index (χ3v) is 5.41. The molecule has 0 aliphatic rings. The molecule has 3 aromatic rings. The number of aromatic nitrogens is 4. The van der Waals surface area contributed by atoms with Crippen LogP contribution in [0.3, 0.4) is 0 Å². The minimum absolute atomic E-state index is 0.297. The molecule has 0 saturated carbocycles. The lowest BCUT2D eigenvalue weighted by atomic mass is 9.97. The van der Waals surface area contributed by atoms with Gasteiger partial charge in [0.15, 0.2) is 0 Å². The molecule has 0 radical (unpaired) electrons. The summed E-state index contributed by atoms with van der Waals surface area (Å²) in [6.45, 7) is 7.01. The molecule has 11 heteroatoms. The summed E-state index contributed by atoms with van der Waals surface area (Å²) in [5.74, 6) is 1.21. The fourth-order valence-electron chi connectivity index (χ4n) is 3.48. The van der Waals surface area contributed by atoms with Gasteiger partial charge in [-0.3, -0.25) is 4.98 Å². The van der Waals surface area contributed by atoms with E-state index in [2.05, 4.69) is 40.4 Å². The maximum atomic E-state index is 10.6. The second-order valence-electron chi connectivity index (χ2n) is 9.15. The molecule has 5 N–H and O–H groups in total. The number of nitrogens with two attached hydrogens (primary N) is 1. The minimum Gasteiger partial charge on any atom is -0.494 e. The molecular weight excluding hydrogens is 446 g/mol. The van der Waals surface area contributed by atoms with Crippen molar-refractivity contribution in [2.24, 2.45) is 0 Å². The number of anilines is 6. The Morgan fingerprint density at radius 1 is 1.00 bits per heavy atom. The van der Waals surface area contributed by atoms with Crippen LogP contribution in [-0.4, -0.2) is 71.3 Å².